The number of rotatable bonds is 4. The normalized spacial score (nSPS) is 15.6. The van der Waals surface area contributed by atoms with Crippen LogP contribution in [0.15, 0.2) is 29.3 Å². The van der Waals surface area contributed by atoms with Gasteiger partial charge in [-0.05, 0) is 38.5 Å². The fraction of sp³-hybridized carbons (Fsp3) is 0.263. The van der Waals surface area contributed by atoms with Gasteiger partial charge in [-0.15, -0.1) is 21.5 Å². The maximum absolute atomic E-state index is 10.9. The second-order valence-electron chi connectivity index (χ2n) is 6.43. The number of aryl methyl sites for hydroxylation is 2. The Morgan fingerprint density at radius 3 is 2.67 bits per heavy atom. The maximum atomic E-state index is 10.9. The Morgan fingerprint density at radius 1 is 1.22 bits per heavy atom. The van der Waals surface area contributed by atoms with Crippen molar-refractivity contribution in [2.45, 2.75) is 26.8 Å². The van der Waals surface area contributed by atoms with Gasteiger partial charge < -0.3 is 5.32 Å². The number of nitrogens with one attached hydrogen (secondary N) is 1. The Labute approximate surface area is 165 Å². The van der Waals surface area contributed by atoms with Gasteiger partial charge in [0.25, 0.3) is 0 Å². The summed E-state index contributed by atoms with van der Waals surface area (Å²) in [5, 5.41) is 13.1. The average molecular weight is 400 g/mol. The highest BCUT2D eigenvalue weighted by Crippen LogP contribution is 2.38. The van der Waals surface area contributed by atoms with Gasteiger partial charge in [0.1, 0.15) is 16.9 Å². The van der Waals surface area contributed by atoms with E-state index < -0.39 is 0 Å². The summed E-state index contributed by atoms with van der Waals surface area (Å²) in [6, 6.07) is 7.34. The Hall–Kier alpha value is -2.51. The molecular weight excluding hydrogens is 382 g/mol. The van der Waals surface area contributed by atoms with E-state index in [0.29, 0.717) is 18.0 Å². The molecule has 0 bridgehead atoms. The molecule has 0 radical (unpaired) electrons. The van der Waals surface area contributed by atoms with Gasteiger partial charge in [-0.25, -0.2) is 0 Å². The second-order valence-corrected chi connectivity index (χ2v) is 8.07. The van der Waals surface area contributed by atoms with Crippen molar-refractivity contribution in [3.05, 3.63) is 62.5 Å². The minimum absolute atomic E-state index is 0.332. The number of amides is 1. The average Bonchev–Trinajstić information content (AvgIpc) is 3.12. The Morgan fingerprint density at radius 2 is 1.96 bits per heavy atom. The van der Waals surface area contributed by atoms with Gasteiger partial charge in [-0.2, -0.15) is 0 Å². The van der Waals surface area contributed by atoms with Crippen LogP contribution in [0.4, 0.5) is 0 Å². The van der Waals surface area contributed by atoms with Crippen molar-refractivity contribution in [3.63, 3.8) is 0 Å². The number of aliphatic imine (C=N–C) groups is 1. The van der Waals surface area contributed by atoms with E-state index in [4.69, 9.17) is 16.6 Å². The van der Waals surface area contributed by atoms with Gasteiger partial charge in [0.2, 0.25) is 6.41 Å². The van der Waals surface area contributed by atoms with Gasteiger partial charge in [-0.3, -0.25) is 14.4 Å². The van der Waals surface area contributed by atoms with Crippen LogP contribution in [0.5, 0.6) is 0 Å². The molecule has 0 aliphatic carbocycles. The third-order valence-corrected chi connectivity index (χ3v) is 6.20. The van der Waals surface area contributed by atoms with E-state index >= 15 is 0 Å². The SMILES string of the molecule is Cc1sc2c(c1C)C(c1ccc(Cl)cc1)=N[C@@H](CNC=O)c1nnc(C)n1-2. The lowest BCUT2D eigenvalue weighted by Gasteiger charge is -2.12. The number of aromatic nitrogens is 3. The Balaban J connectivity index is 2.00. The molecule has 1 aliphatic rings. The van der Waals surface area contributed by atoms with Crippen molar-refractivity contribution in [2.24, 2.45) is 4.99 Å². The van der Waals surface area contributed by atoms with Crippen LogP contribution < -0.4 is 5.32 Å². The van der Waals surface area contributed by atoms with Crippen molar-refractivity contribution in [1.82, 2.24) is 20.1 Å². The summed E-state index contributed by atoms with van der Waals surface area (Å²) in [6.45, 7) is 6.51. The number of fused-ring (bicyclic) bond motifs is 3. The number of halogens is 1. The Bertz CT molecular complexity index is 1050. The number of benzene rings is 1. The lowest BCUT2D eigenvalue weighted by Crippen LogP contribution is -2.21. The van der Waals surface area contributed by atoms with E-state index in [1.807, 2.05) is 31.2 Å². The first-order valence-electron chi connectivity index (χ1n) is 8.54. The van der Waals surface area contributed by atoms with Gasteiger partial charge in [-0.1, -0.05) is 23.7 Å². The molecule has 3 heterocycles. The molecule has 0 saturated carbocycles. The quantitative estimate of drug-likeness (QED) is 0.682. The molecule has 3 aromatic rings. The number of hydrogen-bond acceptors (Lipinski definition) is 5. The molecule has 1 atom stereocenters. The van der Waals surface area contributed by atoms with E-state index in [0.717, 1.165) is 33.5 Å². The zero-order valence-electron chi connectivity index (χ0n) is 15.2. The molecule has 1 aliphatic heterocycles. The van der Waals surface area contributed by atoms with Crippen LogP contribution in [0.3, 0.4) is 0 Å². The van der Waals surface area contributed by atoms with Crippen LogP contribution in [-0.4, -0.2) is 33.4 Å². The molecule has 0 saturated heterocycles. The molecule has 0 spiro atoms. The monoisotopic (exact) mass is 399 g/mol. The molecule has 8 heteroatoms. The van der Waals surface area contributed by atoms with E-state index in [2.05, 4.69) is 33.9 Å². The highest BCUT2D eigenvalue weighted by atomic mass is 35.5. The van der Waals surface area contributed by atoms with Gasteiger partial charge in [0, 0.05) is 27.6 Å². The summed E-state index contributed by atoms with van der Waals surface area (Å²) in [6.07, 6.45) is 0.682. The molecule has 1 N–H and O–H groups in total. The summed E-state index contributed by atoms with van der Waals surface area (Å²) < 4.78 is 2.06. The van der Waals surface area contributed by atoms with Crippen molar-refractivity contribution >= 4 is 35.1 Å². The molecule has 1 amide bonds. The highest BCUT2D eigenvalue weighted by Gasteiger charge is 2.31. The van der Waals surface area contributed by atoms with Crippen LogP contribution in [0, 0.1) is 20.8 Å². The number of carbonyl (C=O) groups excluding carboxylic acids is 1. The number of hydrogen-bond donors (Lipinski definition) is 1. The van der Waals surface area contributed by atoms with E-state index in [1.54, 1.807) is 11.3 Å². The minimum Gasteiger partial charge on any atom is -0.356 e. The summed E-state index contributed by atoms with van der Waals surface area (Å²) in [7, 11) is 0. The smallest absolute Gasteiger partial charge is 0.207 e. The summed E-state index contributed by atoms with van der Waals surface area (Å²) in [4.78, 5) is 17.1. The van der Waals surface area contributed by atoms with Crippen LogP contribution >= 0.6 is 22.9 Å². The molecule has 27 heavy (non-hydrogen) atoms. The number of nitrogens with zero attached hydrogens (tertiary/aromatic N) is 4. The van der Waals surface area contributed by atoms with Crippen molar-refractivity contribution in [1.29, 1.82) is 0 Å². The van der Waals surface area contributed by atoms with Gasteiger partial charge in [0.05, 0.1) is 5.71 Å². The van der Waals surface area contributed by atoms with Crippen molar-refractivity contribution < 1.29 is 4.79 Å². The molecule has 4 rings (SSSR count). The highest BCUT2D eigenvalue weighted by molar-refractivity contribution is 7.15. The maximum Gasteiger partial charge on any atom is 0.207 e. The molecule has 0 unspecified atom stereocenters. The lowest BCUT2D eigenvalue weighted by molar-refractivity contribution is -0.109. The lowest BCUT2D eigenvalue weighted by atomic mass is 10.00. The van der Waals surface area contributed by atoms with Crippen LogP contribution in [0.25, 0.3) is 5.00 Å². The largest absolute Gasteiger partial charge is 0.356 e. The Kier molecular flexibility index (Phi) is 4.57. The molecule has 2 aromatic heterocycles. The number of thiophene rings is 1. The predicted molar refractivity (Wildman–Crippen MR) is 107 cm³/mol. The van der Waals surface area contributed by atoms with Crippen molar-refractivity contribution in [3.8, 4) is 5.00 Å². The van der Waals surface area contributed by atoms with E-state index in [1.165, 1.54) is 10.4 Å². The van der Waals surface area contributed by atoms with Crippen molar-refractivity contribution in [2.75, 3.05) is 6.54 Å². The first kappa shape index (κ1) is 17.9. The molecule has 0 fully saturated rings. The fourth-order valence-electron chi connectivity index (χ4n) is 3.29. The molecule has 138 valence electrons. The van der Waals surface area contributed by atoms with E-state index in [-0.39, 0.29) is 6.04 Å². The zero-order valence-corrected chi connectivity index (χ0v) is 16.7. The number of carbonyl (C=O) groups is 1. The second kappa shape index (κ2) is 6.90. The summed E-state index contributed by atoms with van der Waals surface area (Å²) >= 11 is 7.79. The summed E-state index contributed by atoms with van der Waals surface area (Å²) in [5.74, 6) is 1.53. The topological polar surface area (TPSA) is 72.2 Å². The van der Waals surface area contributed by atoms with Crippen LogP contribution in [0.1, 0.15) is 39.3 Å². The minimum atomic E-state index is -0.332. The standard InChI is InChI=1S/C19H18ClN5OS/c1-10-11(2)27-19-16(10)17(13-4-6-14(20)7-5-13)22-15(8-21-9-26)18-24-23-12(3)25(18)19/h4-7,9,15H,8H2,1-3H3,(H,21,26)/t15-/m0/s1. The van der Waals surface area contributed by atoms with Crippen LogP contribution in [0.2, 0.25) is 5.02 Å². The van der Waals surface area contributed by atoms with Crippen LogP contribution in [-0.2, 0) is 4.79 Å². The third-order valence-electron chi connectivity index (χ3n) is 4.75. The first-order valence-corrected chi connectivity index (χ1v) is 9.74. The molecular formula is C19H18ClN5OS. The third kappa shape index (κ3) is 2.96. The first-order chi connectivity index (χ1) is 13.0. The molecule has 6 nitrogen and oxygen atoms in total. The van der Waals surface area contributed by atoms with Gasteiger partial charge >= 0.3 is 0 Å². The van der Waals surface area contributed by atoms with Gasteiger partial charge in [0.15, 0.2) is 5.82 Å². The molecule has 1 aromatic carbocycles. The predicted octanol–water partition coefficient (Wildman–Crippen LogP) is 3.55. The zero-order chi connectivity index (χ0) is 19.1. The fourth-order valence-corrected chi connectivity index (χ4v) is 4.63. The van der Waals surface area contributed by atoms with E-state index in [9.17, 15) is 4.79 Å². The summed E-state index contributed by atoms with van der Waals surface area (Å²) in [5.41, 5.74) is 4.13.